The van der Waals surface area contributed by atoms with Crippen LogP contribution in [0.25, 0.3) is 0 Å². The second-order valence-electron chi connectivity index (χ2n) is 6.60. The maximum atomic E-state index is 11.3. The van der Waals surface area contributed by atoms with Crippen molar-refractivity contribution in [2.24, 2.45) is 11.7 Å². The highest BCUT2D eigenvalue weighted by Gasteiger charge is 2.41. The molecule has 1 saturated heterocycles. The fraction of sp³-hybridized carbons (Fsp3) is 0.444. The van der Waals surface area contributed by atoms with E-state index in [0.717, 1.165) is 24.3 Å². The molecule has 6 nitrogen and oxygen atoms in total. The predicted molar refractivity (Wildman–Crippen MR) is 91.5 cm³/mol. The molecule has 2 aliphatic rings. The van der Waals surface area contributed by atoms with E-state index >= 15 is 0 Å². The number of carboxylic acids is 1. The van der Waals surface area contributed by atoms with Crippen molar-refractivity contribution in [3.63, 3.8) is 0 Å². The van der Waals surface area contributed by atoms with Gasteiger partial charge in [-0.15, -0.1) is 0 Å². The van der Waals surface area contributed by atoms with Crippen LogP contribution < -0.4 is 15.8 Å². The summed E-state index contributed by atoms with van der Waals surface area (Å²) in [5.41, 5.74) is 8.70. The molecular weight excluding hydrogens is 306 g/mol. The van der Waals surface area contributed by atoms with Crippen molar-refractivity contribution in [1.82, 2.24) is 5.32 Å². The van der Waals surface area contributed by atoms with Crippen molar-refractivity contribution in [3.05, 3.63) is 41.0 Å². The van der Waals surface area contributed by atoms with Crippen LogP contribution >= 0.6 is 0 Å². The number of carbonyl (C=O) groups is 1. The number of nitrogens with two attached hydrogens (primary N) is 1. The Morgan fingerprint density at radius 2 is 2.29 bits per heavy atom. The number of aromatic carboxylic acids is 1. The molecule has 3 rings (SSSR count). The Balaban J connectivity index is 1.94. The molecule has 128 valence electrons. The normalized spacial score (nSPS) is 23.6. The summed E-state index contributed by atoms with van der Waals surface area (Å²) in [5.74, 6) is 0.785. The Bertz CT molecular complexity index is 720. The minimum atomic E-state index is -0.928. The van der Waals surface area contributed by atoms with Crippen molar-refractivity contribution in [3.8, 4) is 5.75 Å². The molecule has 0 saturated carbocycles. The van der Waals surface area contributed by atoms with Gasteiger partial charge in [0.1, 0.15) is 11.8 Å². The van der Waals surface area contributed by atoms with Gasteiger partial charge in [-0.3, -0.25) is 15.6 Å². The lowest BCUT2D eigenvalue weighted by molar-refractivity contribution is -0.558. The first-order valence-corrected chi connectivity index (χ1v) is 8.23. The van der Waals surface area contributed by atoms with Gasteiger partial charge in [-0.2, -0.15) is 0 Å². The SMILES string of the molecule is CC(C)=CCNC(N)=[N+]1CC[C@H]2COc3ccc(C(=O)O)cc3[C@H]21. The van der Waals surface area contributed by atoms with Gasteiger partial charge in [-0.25, -0.2) is 4.79 Å². The largest absolute Gasteiger partial charge is 0.493 e. The lowest BCUT2D eigenvalue weighted by Gasteiger charge is -2.28. The standard InChI is InChI=1S/C18H23N3O3/c1-11(2)5-7-20-18(19)21-8-6-13-10-24-15-4-3-12(17(22)23)9-14(15)16(13)21/h3-5,9,13,16H,6-8,10H2,1-2H3,(H3,19,20,22,23)/p+1/t13-,16-/m0/s1. The molecule has 0 aromatic heterocycles. The van der Waals surface area contributed by atoms with Gasteiger partial charge in [0.2, 0.25) is 0 Å². The summed E-state index contributed by atoms with van der Waals surface area (Å²) in [6.45, 7) is 6.25. The molecule has 0 bridgehead atoms. The molecule has 0 aliphatic carbocycles. The quantitative estimate of drug-likeness (QED) is 0.446. The average Bonchev–Trinajstić information content (AvgIpc) is 2.98. The van der Waals surface area contributed by atoms with Gasteiger partial charge in [0.15, 0.2) is 0 Å². The minimum absolute atomic E-state index is 0.0623. The first-order chi connectivity index (χ1) is 11.5. The highest BCUT2D eigenvalue weighted by molar-refractivity contribution is 5.88. The van der Waals surface area contributed by atoms with Crippen molar-refractivity contribution in [1.29, 1.82) is 0 Å². The number of guanidine groups is 1. The number of nitrogens with zero attached hydrogens (tertiary/aromatic N) is 1. The van der Waals surface area contributed by atoms with E-state index in [1.165, 1.54) is 5.57 Å². The number of benzene rings is 1. The van der Waals surface area contributed by atoms with Crippen LogP contribution in [0.4, 0.5) is 0 Å². The van der Waals surface area contributed by atoms with E-state index < -0.39 is 5.97 Å². The summed E-state index contributed by atoms with van der Waals surface area (Å²) < 4.78 is 7.95. The fourth-order valence-corrected chi connectivity index (χ4v) is 3.43. The van der Waals surface area contributed by atoms with Crippen molar-refractivity contribution in [2.75, 3.05) is 19.7 Å². The molecule has 0 unspecified atom stereocenters. The van der Waals surface area contributed by atoms with E-state index in [1.807, 2.05) is 13.8 Å². The molecule has 2 atom stereocenters. The predicted octanol–water partition coefficient (Wildman–Crippen LogP) is 1.72. The number of allylic oxidation sites excluding steroid dienone is 1. The van der Waals surface area contributed by atoms with E-state index in [1.54, 1.807) is 18.2 Å². The number of hydrogen-bond acceptors (Lipinski definition) is 2. The molecule has 0 radical (unpaired) electrons. The van der Waals surface area contributed by atoms with Gasteiger partial charge in [0, 0.05) is 11.5 Å². The zero-order valence-electron chi connectivity index (χ0n) is 14.1. The maximum absolute atomic E-state index is 11.3. The van der Waals surface area contributed by atoms with Crippen molar-refractivity contribution >= 4 is 11.9 Å². The highest BCUT2D eigenvalue weighted by atomic mass is 16.5. The van der Waals surface area contributed by atoms with Crippen molar-refractivity contribution < 1.29 is 19.2 Å². The van der Waals surface area contributed by atoms with Crippen LogP contribution in [-0.2, 0) is 0 Å². The van der Waals surface area contributed by atoms with E-state index in [2.05, 4.69) is 16.0 Å². The average molecular weight is 330 g/mol. The first kappa shape index (κ1) is 16.4. The van der Waals surface area contributed by atoms with E-state index in [9.17, 15) is 9.90 Å². The second-order valence-corrected chi connectivity index (χ2v) is 6.60. The molecule has 1 aromatic carbocycles. The molecule has 2 heterocycles. The summed E-state index contributed by atoms with van der Waals surface area (Å²) in [6.07, 6.45) is 3.06. The molecule has 0 spiro atoms. The fourth-order valence-electron chi connectivity index (χ4n) is 3.43. The van der Waals surface area contributed by atoms with Crippen LogP contribution in [0.15, 0.2) is 29.8 Å². The second kappa shape index (κ2) is 6.55. The van der Waals surface area contributed by atoms with Crippen LogP contribution in [0, 0.1) is 5.92 Å². The van der Waals surface area contributed by atoms with Crippen LogP contribution in [0.3, 0.4) is 0 Å². The number of fused-ring (bicyclic) bond motifs is 3. The number of rotatable bonds is 3. The Morgan fingerprint density at radius 3 is 3.00 bits per heavy atom. The van der Waals surface area contributed by atoms with E-state index in [0.29, 0.717) is 25.0 Å². The third kappa shape index (κ3) is 3.09. The topological polar surface area (TPSA) is 87.6 Å². The van der Waals surface area contributed by atoms with Crippen LogP contribution in [0.5, 0.6) is 5.75 Å². The molecule has 4 N–H and O–H groups in total. The summed E-state index contributed by atoms with van der Waals surface area (Å²) >= 11 is 0. The van der Waals surface area contributed by atoms with Gasteiger partial charge < -0.3 is 9.84 Å². The maximum Gasteiger partial charge on any atom is 0.344 e. The lowest BCUT2D eigenvalue weighted by Crippen LogP contribution is -2.42. The summed E-state index contributed by atoms with van der Waals surface area (Å²) in [5, 5.41) is 12.5. The Kier molecular flexibility index (Phi) is 4.46. The molecule has 24 heavy (non-hydrogen) atoms. The Hall–Kier alpha value is -2.50. The van der Waals surface area contributed by atoms with Crippen LogP contribution in [-0.4, -0.2) is 41.3 Å². The third-order valence-corrected chi connectivity index (χ3v) is 4.65. The molecule has 1 aromatic rings. The summed E-state index contributed by atoms with van der Waals surface area (Å²) in [6, 6.07) is 5.11. The van der Waals surface area contributed by atoms with Gasteiger partial charge in [-0.05, 0) is 38.5 Å². The molecule has 0 amide bonds. The number of hydrogen-bond donors (Lipinski definition) is 3. The van der Waals surface area contributed by atoms with Gasteiger partial charge in [-0.1, -0.05) is 11.6 Å². The monoisotopic (exact) mass is 330 g/mol. The molecule has 6 heteroatoms. The van der Waals surface area contributed by atoms with Crippen molar-refractivity contribution in [2.45, 2.75) is 26.3 Å². The number of carboxylic acid groups (broad SMARTS) is 1. The summed E-state index contributed by atoms with van der Waals surface area (Å²) in [7, 11) is 0. The van der Waals surface area contributed by atoms with Gasteiger partial charge in [0.05, 0.1) is 25.3 Å². The van der Waals surface area contributed by atoms with E-state index in [-0.39, 0.29) is 11.6 Å². The Labute approximate surface area is 141 Å². The lowest BCUT2D eigenvalue weighted by atomic mass is 9.90. The Morgan fingerprint density at radius 1 is 1.50 bits per heavy atom. The van der Waals surface area contributed by atoms with Crippen LogP contribution in [0.2, 0.25) is 0 Å². The summed E-state index contributed by atoms with van der Waals surface area (Å²) in [4.78, 5) is 11.3. The molecule has 2 aliphatic heterocycles. The zero-order chi connectivity index (χ0) is 17.3. The highest BCUT2D eigenvalue weighted by Crippen LogP contribution is 2.43. The zero-order valence-corrected chi connectivity index (χ0v) is 14.1. The number of nitrogens with one attached hydrogen (secondary N) is 1. The molecular formula is C18H24N3O3+. The smallest absolute Gasteiger partial charge is 0.344 e. The minimum Gasteiger partial charge on any atom is -0.493 e. The van der Waals surface area contributed by atoms with Gasteiger partial charge >= 0.3 is 11.9 Å². The number of ether oxygens (including phenoxy) is 1. The third-order valence-electron chi connectivity index (χ3n) is 4.65. The van der Waals surface area contributed by atoms with Crippen LogP contribution in [0.1, 0.15) is 42.2 Å². The first-order valence-electron chi connectivity index (χ1n) is 8.23. The molecule has 1 fully saturated rings. The van der Waals surface area contributed by atoms with Gasteiger partial charge in [0.25, 0.3) is 0 Å². The van der Waals surface area contributed by atoms with E-state index in [4.69, 9.17) is 10.5 Å².